The number of carbonyl (C=O) groups is 2. The molecule has 1 saturated carbocycles. The number of aryl methyl sites for hydroxylation is 1. The van der Waals surface area contributed by atoms with Gasteiger partial charge in [-0.05, 0) is 55.5 Å². The van der Waals surface area contributed by atoms with Gasteiger partial charge >= 0.3 is 6.03 Å². The number of benzene rings is 2. The highest BCUT2D eigenvalue weighted by Gasteiger charge is 2.27. The van der Waals surface area contributed by atoms with Crippen molar-refractivity contribution < 1.29 is 14.7 Å². The van der Waals surface area contributed by atoms with E-state index in [9.17, 15) is 14.7 Å². The van der Waals surface area contributed by atoms with Crippen LogP contribution in [-0.4, -0.2) is 26.8 Å². The average molecular weight is 461 g/mol. The second kappa shape index (κ2) is 10.1. The molecule has 0 aliphatic heterocycles. The van der Waals surface area contributed by atoms with E-state index in [4.69, 9.17) is 0 Å². The van der Waals surface area contributed by atoms with Crippen molar-refractivity contribution in [3.8, 4) is 17.0 Å². The Hall–Kier alpha value is -3.61. The Balaban J connectivity index is 1.58. The smallest absolute Gasteiger partial charge is 0.342 e. The van der Waals surface area contributed by atoms with E-state index >= 15 is 0 Å². The highest BCUT2D eigenvalue weighted by atomic mass is 16.3. The van der Waals surface area contributed by atoms with Crippen LogP contribution in [0.15, 0.2) is 48.5 Å². The third-order valence-electron chi connectivity index (χ3n) is 6.17. The summed E-state index contributed by atoms with van der Waals surface area (Å²) in [6.07, 6.45) is 3.55. The van der Waals surface area contributed by atoms with Crippen molar-refractivity contribution in [2.75, 3.05) is 5.32 Å². The fourth-order valence-electron chi connectivity index (χ4n) is 4.04. The van der Waals surface area contributed by atoms with Crippen molar-refractivity contribution >= 4 is 17.6 Å². The zero-order chi connectivity index (χ0) is 24.2. The van der Waals surface area contributed by atoms with E-state index in [0.717, 1.165) is 30.5 Å². The number of hydrogen-bond donors (Lipinski definition) is 3. The molecular formula is C27H32N4O3. The standard InChI is InChI=1S/C27H32N4O3/c1-17(2)13-26(33)29-21-11-12-25(32)22(14-21)23-15-24(20-5-4-6-20)31(30-23)27(34)28-16-19-9-7-18(3)8-10-19/h7-12,14-15,17,20,32H,4-6,13,16H2,1-3H3,(H,28,34)(H,29,33). The summed E-state index contributed by atoms with van der Waals surface area (Å²) < 4.78 is 1.43. The van der Waals surface area contributed by atoms with E-state index in [1.807, 2.05) is 51.1 Å². The molecule has 0 unspecified atom stereocenters. The Morgan fingerprint density at radius 1 is 1.12 bits per heavy atom. The summed E-state index contributed by atoms with van der Waals surface area (Å²) in [4.78, 5) is 25.3. The van der Waals surface area contributed by atoms with Gasteiger partial charge in [0, 0.05) is 30.1 Å². The van der Waals surface area contributed by atoms with Crippen LogP contribution in [0.3, 0.4) is 0 Å². The second-order valence-electron chi connectivity index (χ2n) is 9.52. The van der Waals surface area contributed by atoms with E-state index in [-0.39, 0.29) is 29.5 Å². The minimum atomic E-state index is -0.297. The Morgan fingerprint density at radius 2 is 1.85 bits per heavy atom. The maximum atomic E-state index is 13.1. The number of anilines is 1. The molecule has 2 amide bonds. The van der Waals surface area contributed by atoms with Crippen molar-refractivity contribution in [3.63, 3.8) is 0 Å². The average Bonchev–Trinajstić information content (AvgIpc) is 3.17. The van der Waals surface area contributed by atoms with Gasteiger partial charge in [0.1, 0.15) is 5.75 Å². The number of phenols is 1. The second-order valence-corrected chi connectivity index (χ2v) is 9.52. The molecule has 3 N–H and O–H groups in total. The molecular weight excluding hydrogens is 428 g/mol. The van der Waals surface area contributed by atoms with Crippen LogP contribution < -0.4 is 10.6 Å². The molecule has 0 radical (unpaired) electrons. The van der Waals surface area contributed by atoms with Gasteiger partial charge < -0.3 is 15.7 Å². The van der Waals surface area contributed by atoms with E-state index in [0.29, 0.717) is 29.9 Å². The van der Waals surface area contributed by atoms with E-state index < -0.39 is 0 Å². The molecule has 34 heavy (non-hydrogen) atoms. The zero-order valence-electron chi connectivity index (χ0n) is 20.0. The van der Waals surface area contributed by atoms with Crippen molar-refractivity contribution in [2.45, 2.75) is 58.9 Å². The first-order valence-electron chi connectivity index (χ1n) is 11.9. The van der Waals surface area contributed by atoms with Crippen LogP contribution in [0.2, 0.25) is 0 Å². The van der Waals surface area contributed by atoms with Crippen molar-refractivity contribution in [2.24, 2.45) is 5.92 Å². The number of aromatic nitrogens is 2. The van der Waals surface area contributed by atoms with Gasteiger partial charge in [0.2, 0.25) is 5.91 Å². The number of phenolic OH excluding ortho intramolecular Hbond substituents is 1. The first-order valence-corrected chi connectivity index (χ1v) is 11.9. The van der Waals surface area contributed by atoms with Crippen LogP contribution in [0.1, 0.15) is 62.3 Å². The van der Waals surface area contributed by atoms with Gasteiger partial charge in [0.05, 0.1) is 11.4 Å². The first kappa shape index (κ1) is 23.5. The van der Waals surface area contributed by atoms with E-state index in [1.165, 1.54) is 10.2 Å². The van der Waals surface area contributed by atoms with Gasteiger partial charge in [-0.3, -0.25) is 4.79 Å². The summed E-state index contributed by atoms with van der Waals surface area (Å²) >= 11 is 0. The molecule has 1 fully saturated rings. The molecule has 1 aliphatic carbocycles. The molecule has 7 heteroatoms. The molecule has 1 aliphatic rings. The number of amides is 2. The Morgan fingerprint density at radius 3 is 2.50 bits per heavy atom. The maximum absolute atomic E-state index is 13.1. The van der Waals surface area contributed by atoms with Gasteiger partial charge in [-0.15, -0.1) is 0 Å². The molecule has 0 bridgehead atoms. The van der Waals surface area contributed by atoms with E-state index in [1.54, 1.807) is 18.2 Å². The number of nitrogens with zero attached hydrogens (tertiary/aromatic N) is 2. The lowest BCUT2D eigenvalue weighted by atomic mass is 9.82. The minimum absolute atomic E-state index is 0.0479. The zero-order valence-corrected chi connectivity index (χ0v) is 20.0. The number of carbonyl (C=O) groups excluding carboxylic acids is 2. The molecule has 4 rings (SSSR count). The first-order chi connectivity index (χ1) is 16.3. The summed E-state index contributed by atoms with van der Waals surface area (Å²) in [6.45, 7) is 6.40. The Labute approximate surface area is 200 Å². The summed E-state index contributed by atoms with van der Waals surface area (Å²) in [7, 11) is 0. The Kier molecular flexibility index (Phi) is 7.01. The third kappa shape index (κ3) is 5.47. The Bertz CT molecular complexity index is 1180. The molecule has 1 heterocycles. The molecule has 2 aromatic carbocycles. The van der Waals surface area contributed by atoms with Crippen molar-refractivity contribution in [1.29, 1.82) is 0 Å². The molecule has 0 spiro atoms. The van der Waals surface area contributed by atoms with Crippen molar-refractivity contribution in [1.82, 2.24) is 15.1 Å². The van der Waals surface area contributed by atoms with Gasteiger partial charge in [-0.2, -0.15) is 9.78 Å². The molecule has 1 aromatic heterocycles. The van der Waals surface area contributed by atoms with Gasteiger partial charge in [0.15, 0.2) is 0 Å². The minimum Gasteiger partial charge on any atom is -0.507 e. The number of aromatic hydroxyl groups is 1. The summed E-state index contributed by atoms with van der Waals surface area (Å²) in [5.74, 6) is 0.479. The largest absolute Gasteiger partial charge is 0.507 e. The number of nitrogens with one attached hydrogen (secondary N) is 2. The quantitative estimate of drug-likeness (QED) is 0.401. The predicted molar refractivity (Wildman–Crippen MR) is 133 cm³/mol. The summed E-state index contributed by atoms with van der Waals surface area (Å²) in [6, 6.07) is 14.5. The van der Waals surface area contributed by atoms with Crippen LogP contribution in [0.5, 0.6) is 5.75 Å². The molecule has 7 nitrogen and oxygen atoms in total. The van der Waals surface area contributed by atoms with Crippen molar-refractivity contribution in [3.05, 3.63) is 65.4 Å². The number of rotatable bonds is 7. The molecule has 3 aromatic rings. The highest BCUT2D eigenvalue weighted by molar-refractivity contribution is 5.92. The fourth-order valence-corrected chi connectivity index (χ4v) is 4.04. The lowest BCUT2D eigenvalue weighted by Crippen LogP contribution is -2.31. The third-order valence-corrected chi connectivity index (χ3v) is 6.17. The SMILES string of the molecule is Cc1ccc(CNC(=O)n2nc(-c3cc(NC(=O)CC(C)C)ccc3O)cc2C2CCC2)cc1. The lowest BCUT2D eigenvalue weighted by molar-refractivity contribution is -0.116. The van der Waals surface area contributed by atoms with Crippen LogP contribution in [-0.2, 0) is 11.3 Å². The molecule has 178 valence electrons. The predicted octanol–water partition coefficient (Wildman–Crippen LogP) is 5.57. The maximum Gasteiger partial charge on any atom is 0.342 e. The molecule has 0 atom stereocenters. The molecule has 0 saturated heterocycles. The van der Waals surface area contributed by atoms with Crippen LogP contribution in [0.25, 0.3) is 11.3 Å². The van der Waals surface area contributed by atoms with Gasteiger partial charge in [-0.1, -0.05) is 50.1 Å². The monoisotopic (exact) mass is 460 g/mol. The summed E-state index contributed by atoms with van der Waals surface area (Å²) in [5, 5.41) is 20.9. The number of hydrogen-bond acceptors (Lipinski definition) is 4. The summed E-state index contributed by atoms with van der Waals surface area (Å²) in [5.41, 5.74) is 4.59. The normalized spacial score (nSPS) is 13.5. The van der Waals surface area contributed by atoms with Gasteiger partial charge in [-0.25, -0.2) is 4.79 Å². The van der Waals surface area contributed by atoms with E-state index in [2.05, 4.69) is 15.7 Å². The lowest BCUT2D eigenvalue weighted by Gasteiger charge is -2.25. The topological polar surface area (TPSA) is 96.3 Å². The highest BCUT2D eigenvalue weighted by Crippen LogP contribution is 2.39. The van der Waals surface area contributed by atoms with Crippen LogP contribution in [0, 0.1) is 12.8 Å². The fraction of sp³-hybridized carbons (Fsp3) is 0.370. The van der Waals surface area contributed by atoms with Crippen LogP contribution >= 0.6 is 0 Å². The van der Waals surface area contributed by atoms with Gasteiger partial charge in [0.25, 0.3) is 0 Å². The van der Waals surface area contributed by atoms with Crippen LogP contribution in [0.4, 0.5) is 10.5 Å².